The normalized spacial score (nSPS) is 15.5. The summed E-state index contributed by atoms with van der Waals surface area (Å²) >= 11 is 1.61. The van der Waals surface area contributed by atoms with E-state index >= 15 is 0 Å². The zero-order valence-electron chi connectivity index (χ0n) is 13.2. The largest absolute Gasteiger partial charge is 0.244 e. The van der Waals surface area contributed by atoms with Crippen LogP contribution < -0.4 is 0 Å². The van der Waals surface area contributed by atoms with Crippen LogP contribution in [0.3, 0.4) is 0 Å². The molecule has 0 spiro atoms. The summed E-state index contributed by atoms with van der Waals surface area (Å²) in [5.74, 6) is 0. The first-order valence-electron chi connectivity index (χ1n) is 7.51. The van der Waals surface area contributed by atoms with Gasteiger partial charge in [0.25, 0.3) is 0 Å². The Morgan fingerprint density at radius 1 is 1.18 bits per heavy atom. The number of hydrogen-bond donors (Lipinski definition) is 0. The molecule has 22 heavy (non-hydrogen) atoms. The topological polar surface area (TPSA) is 37.4 Å². The summed E-state index contributed by atoms with van der Waals surface area (Å²) in [7, 11) is -3.45. The Morgan fingerprint density at radius 2 is 1.82 bits per heavy atom. The third-order valence-corrected chi connectivity index (χ3v) is 7.08. The number of thiophene rings is 1. The number of rotatable bonds is 5. The summed E-state index contributed by atoms with van der Waals surface area (Å²) in [5, 5.41) is 2.00. The van der Waals surface area contributed by atoms with E-state index in [0.717, 1.165) is 34.4 Å². The van der Waals surface area contributed by atoms with Crippen LogP contribution in [0.15, 0.2) is 34.5 Å². The van der Waals surface area contributed by atoms with Gasteiger partial charge >= 0.3 is 0 Å². The molecule has 0 radical (unpaired) electrons. The average molecular weight is 335 g/mol. The fourth-order valence-corrected chi connectivity index (χ4v) is 5.88. The van der Waals surface area contributed by atoms with Crippen molar-refractivity contribution in [2.24, 2.45) is 0 Å². The molecule has 5 heteroatoms. The van der Waals surface area contributed by atoms with Crippen molar-refractivity contribution < 1.29 is 8.42 Å². The van der Waals surface area contributed by atoms with Crippen molar-refractivity contribution in [2.75, 3.05) is 0 Å². The third kappa shape index (κ3) is 2.98. The molecule has 0 saturated heterocycles. The Hall–Kier alpha value is -1.17. The van der Waals surface area contributed by atoms with Gasteiger partial charge in [-0.3, -0.25) is 0 Å². The van der Waals surface area contributed by atoms with Crippen LogP contribution >= 0.6 is 11.3 Å². The maximum absolute atomic E-state index is 13.2. The molecule has 0 unspecified atom stereocenters. The lowest BCUT2D eigenvalue weighted by atomic mass is 10.1. The van der Waals surface area contributed by atoms with Gasteiger partial charge in [0.1, 0.15) is 0 Å². The Balaban J connectivity index is 2.03. The van der Waals surface area contributed by atoms with Gasteiger partial charge in [0.05, 0.1) is 4.90 Å². The van der Waals surface area contributed by atoms with Crippen LogP contribution in [0.25, 0.3) is 0 Å². The van der Waals surface area contributed by atoms with Gasteiger partial charge in [0.2, 0.25) is 10.0 Å². The molecule has 0 atom stereocenters. The molecule has 1 aromatic heterocycles. The molecule has 0 N–H and O–H groups in total. The minimum atomic E-state index is -3.45. The fraction of sp³-hybridized carbons (Fsp3) is 0.412. The summed E-state index contributed by atoms with van der Waals surface area (Å²) in [6, 6.07) is 8.05. The SMILES string of the molecule is Cc1cc(C)c(S(=O)(=O)N(Cc2cccs2)C2CC2)c(C)c1. The molecule has 0 amide bonds. The van der Waals surface area contributed by atoms with E-state index in [0.29, 0.717) is 11.4 Å². The van der Waals surface area contributed by atoms with E-state index in [4.69, 9.17) is 0 Å². The molecule has 1 aromatic carbocycles. The molecule has 2 aromatic rings. The Kier molecular flexibility index (Phi) is 4.14. The minimum Gasteiger partial charge on any atom is -0.207 e. The number of sulfonamides is 1. The van der Waals surface area contributed by atoms with Gasteiger partial charge in [0, 0.05) is 17.5 Å². The summed E-state index contributed by atoms with van der Waals surface area (Å²) in [4.78, 5) is 1.58. The van der Waals surface area contributed by atoms with Crippen LogP contribution in [-0.2, 0) is 16.6 Å². The molecular formula is C17H21NO2S2. The van der Waals surface area contributed by atoms with Crippen molar-refractivity contribution >= 4 is 21.4 Å². The summed E-state index contributed by atoms with van der Waals surface area (Å²) in [6.07, 6.45) is 1.93. The Morgan fingerprint density at radius 3 is 2.32 bits per heavy atom. The van der Waals surface area contributed by atoms with Crippen LogP contribution in [0.4, 0.5) is 0 Å². The van der Waals surface area contributed by atoms with Crippen molar-refractivity contribution in [3.05, 3.63) is 51.2 Å². The molecule has 1 fully saturated rings. The highest BCUT2D eigenvalue weighted by Gasteiger charge is 2.39. The first-order chi connectivity index (χ1) is 10.4. The predicted molar refractivity (Wildman–Crippen MR) is 90.7 cm³/mol. The second kappa shape index (κ2) is 5.80. The third-order valence-electron chi connectivity index (χ3n) is 4.02. The number of benzene rings is 1. The highest BCUT2D eigenvalue weighted by Crippen LogP contribution is 2.36. The van der Waals surface area contributed by atoms with Crippen molar-refractivity contribution in [3.8, 4) is 0 Å². The summed E-state index contributed by atoms with van der Waals surface area (Å²) in [5.41, 5.74) is 2.79. The smallest absolute Gasteiger partial charge is 0.207 e. The summed E-state index contributed by atoms with van der Waals surface area (Å²) < 4.78 is 28.1. The molecule has 0 bridgehead atoms. The lowest BCUT2D eigenvalue weighted by Gasteiger charge is -2.24. The fourth-order valence-electron chi connectivity index (χ4n) is 3.02. The molecular weight excluding hydrogens is 314 g/mol. The van der Waals surface area contributed by atoms with Crippen LogP contribution in [0.2, 0.25) is 0 Å². The van der Waals surface area contributed by atoms with Gasteiger partial charge in [-0.25, -0.2) is 8.42 Å². The van der Waals surface area contributed by atoms with Gasteiger partial charge in [0.15, 0.2) is 0 Å². The highest BCUT2D eigenvalue weighted by atomic mass is 32.2. The Bertz CT molecular complexity index is 752. The van der Waals surface area contributed by atoms with Crippen molar-refractivity contribution in [1.29, 1.82) is 0 Å². The number of nitrogens with zero attached hydrogens (tertiary/aromatic N) is 1. The maximum atomic E-state index is 13.2. The van der Waals surface area contributed by atoms with E-state index in [-0.39, 0.29) is 6.04 Å². The first-order valence-corrected chi connectivity index (χ1v) is 9.83. The molecule has 1 aliphatic rings. The van der Waals surface area contributed by atoms with Crippen LogP contribution in [-0.4, -0.2) is 18.8 Å². The van der Waals surface area contributed by atoms with E-state index in [9.17, 15) is 8.42 Å². The second-order valence-corrected chi connectivity index (χ2v) is 8.95. The molecule has 1 aliphatic carbocycles. The van der Waals surface area contributed by atoms with Crippen LogP contribution in [0.1, 0.15) is 34.4 Å². The molecule has 118 valence electrons. The van der Waals surface area contributed by atoms with Crippen LogP contribution in [0, 0.1) is 20.8 Å². The molecule has 0 aliphatic heterocycles. The predicted octanol–water partition coefficient (Wildman–Crippen LogP) is 4.03. The Labute approximate surface area is 136 Å². The number of aryl methyl sites for hydroxylation is 3. The van der Waals surface area contributed by atoms with E-state index in [1.165, 1.54) is 0 Å². The van der Waals surface area contributed by atoms with Crippen molar-refractivity contribution in [3.63, 3.8) is 0 Å². The zero-order valence-corrected chi connectivity index (χ0v) is 14.8. The first kappa shape index (κ1) is 15.7. The maximum Gasteiger partial charge on any atom is 0.244 e. The number of hydrogen-bond acceptors (Lipinski definition) is 3. The second-order valence-electron chi connectivity index (χ2n) is 6.09. The summed E-state index contributed by atoms with van der Waals surface area (Å²) in [6.45, 7) is 6.27. The van der Waals surface area contributed by atoms with Gasteiger partial charge in [-0.05, 0) is 56.2 Å². The molecule has 1 saturated carbocycles. The quantitative estimate of drug-likeness (QED) is 0.827. The van der Waals surface area contributed by atoms with Crippen molar-refractivity contribution in [2.45, 2.75) is 51.1 Å². The van der Waals surface area contributed by atoms with Crippen LogP contribution in [0.5, 0.6) is 0 Å². The molecule has 3 nitrogen and oxygen atoms in total. The van der Waals surface area contributed by atoms with Gasteiger partial charge in [-0.2, -0.15) is 4.31 Å². The lowest BCUT2D eigenvalue weighted by molar-refractivity contribution is 0.401. The minimum absolute atomic E-state index is 0.159. The molecule has 3 rings (SSSR count). The monoisotopic (exact) mass is 335 g/mol. The highest BCUT2D eigenvalue weighted by molar-refractivity contribution is 7.89. The van der Waals surface area contributed by atoms with Gasteiger partial charge in [-0.1, -0.05) is 23.8 Å². The van der Waals surface area contributed by atoms with E-state index in [1.807, 2.05) is 50.4 Å². The van der Waals surface area contributed by atoms with E-state index in [2.05, 4.69) is 0 Å². The lowest BCUT2D eigenvalue weighted by Crippen LogP contribution is -2.33. The van der Waals surface area contributed by atoms with E-state index < -0.39 is 10.0 Å². The average Bonchev–Trinajstić information content (AvgIpc) is 3.10. The zero-order chi connectivity index (χ0) is 15.9. The van der Waals surface area contributed by atoms with Gasteiger partial charge in [-0.15, -0.1) is 11.3 Å². The standard InChI is InChI=1S/C17H21NO2S2/c1-12-9-13(2)17(14(3)10-12)22(19,20)18(15-6-7-15)11-16-5-4-8-21-16/h4-5,8-10,15H,6-7,11H2,1-3H3. The van der Waals surface area contributed by atoms with Gasteiger partial charge < -0.3 is 0 Å². The molecule has 1 heterocycles. The van der Waals surface area contributed by atoms with Crippen molar-refractivity contribution in [1.82, 2.24) is 4.31 Å². The van der Waals surface area contributed by atoms with E-state index in [1.54, 1.807) is 15.6 Å².